The molecule has 0 spiro atoms. The van der Waals surface area contributed by atoms with E-state index in [2.05, 4.69) is 16.0 Å². The minimum atomic E-state index is -0.510. The molecule has 5 nitrogen and oxygen atoms in total. The predicted molar refractivity (Wildman–Crippen MR) is 97.9 cm³/mol. The number of hydrogen-bond donors (Lipinski definition) is 0. The molecule has 2 aromatic heterocycles. The number of aromatic nitrogens is 3. The molecule has 0 N–H and O–H groups in total. The van der Waals surface area contributed by atoms with E-state index in [0.29, 0.717) is 0 Å². The lowest BCUT2D eigenvalue weighted by Crippen LogP contribution is -2.26. The topological polar surface area (TPSA) is 57.0 Å². The summed E-state index contributed by atoms with van der Waals surface area (Å²) >= 11 is 3.41. The Bertz CT molecular complexity index is 816. The summed E-state index contributed by atoms with van der Waals surface area (Å²) < 4.78 is 8.97. The number of para-hydroxylation sites is 1. The number of thiazole rings is 1. The molecule has 3 rings (SSSR count). The Hall–Kier alpha value is -1.86. The Morgan fingerprint density at radius 1 is 1.33 bits per heavy atom. The summed E-state index contributed by atoms with van der Waals surface area (Å²) in [6, 6.07) is 8.13. The summed E-state index contributed by atoms with van der Waals surface area (Å²) in [5.41, 5.74) is 1.40. The van der Waals surface area contributed by atoms with E-state index in [9.17, 15) is 4.79 Å². The first-order valence-corrected chi connectivity index (χ1v) is 9.45. The van der Waals surface area contributed by atoms with E-state index >= 15 is 0 Å². The van der Waals surface area contributed by atoms with Crippen LogP contribution in [0.3, 0.4) is 0 Å². The molecule has 7 heteroatoms. The van der Waals surface area contributed by atoms with Crippen LogP contribution in [0.5, 0.6) is 0 Å². The second-order valence-corrected chi connectivity index (χ2v) is 8.67. The van der Waals surface area contributed by atoms with Crippen LogP contribution in [0, 0.1) is 0 Å². The van der Waals surface area contributed by atoms with Gasteiger partial charge in [0.15, 0.2) is 4.34 Å². The quantitative estimate of drug-likeness (QED) is 0.635. The van der Waals surface area contributed by atoms with Crippen molar-refractivity contribution in [2.45, 2.75) is 37.1 Å². The smallest absolute Gasteiger partial charge is 0.419 e. The molecule has 126 valence electrons. The largest absolute Gasteiger partial charge is 0.443 e. The highest BCUT2D eigenvalue weighted by Crippen LogP contribution is 2.29. The summed E-state index contributed by atoms with van der Waals surface area (Å²) in [4.78, 5) is 20.8. The molecule has 0 saturated heterocycles. The number of fused-ring (bicyclic) bond motifs is 1. The fourth-order valence-corrected chi connectivity index (χ4v) is 4.16. The normalized spacial score (nSPS) is 11.8. The van der Waals surface area contributed by atoms with Crippen LogP contribution in [0.4, 0.5) is 4.79 Å². The minimum absolute atomic E-state index is 0.403. The number of hydrogen-bond acceptors (Lipinski definition) is 6. The Morgan fingerprint density at radius 2 is 2.12 bits per heavy atom. The van der Waals surface area contributed by atoms with Gasteiger partial charge in [-0.15, -0.1) is 11.3 Å². The van der Waals surface area contributed by atoms with Crippen LogP contribution in [0.2, 0.25) is 0 Å². The number of thioether (sulfide) groups is 1. The third kappa shape index (κ3) is 4.36. The Labute approximate surface area is 149 Å². The molecule has 3 aromatic rings. The number of nitrogens with zero attached hydrogens (tertiary/aromatic N) is 3. The fraction of sp³-hybridized carbons (Fsp3) is 0.353. The van der Waals surface area contributed by atoms with Crippen LogP contribution in [0.15, 0.2) is 41.1 Å². The Morgan fingerprint density at radius 3 is 2.88 bits per heavy atom. The average Bonchev–Trinajstić information content (AvgIpc) is 3.11. The second-order valence-electron chi connectivity index (χ2n) is 6.30. The van der Waals surface area contributed by atoms with Gasteiger partial charge < -0.3 is 4.74 Å². The van der Waals surface area contributed by atoms with Crippen molar-refractivity contribution in [3.8, 4) is 0 Å². The third-order valence-electron chi connectivity index (χ3n) is 3.10. The number of aryl methyl sites for hydroxylation is 1. The van der Waals surface area contributed by atoms with Gasteiger partial charge in [-0.3, -0.25) is 0 Å². The highest BCUT2D eigenvalue weighted by Gasteiger charge is 2.18. The number of imidazole rings is 1. The van der Waals surface area contributed by atoms with E-state index in [4.69, 9.17) is 4.74 Å². The van der Waals surface area contributed by atoms with Crippen molar-refractivity contribution in [1.29, 1.82) is 0 Å². The molecule has 0 aliphatic rings. The first-order chi connectivity index (χ1) is 11.4. The molecule has 0 saturated carbocycles. The molecule has 0 atom stereocenters. The molecule has 24 heavy (non-hydrogen) atoms. The number of benzene rings is 1. The van der Waals surface area contributed by atoms with Gasteiger partial charge in [-0.1, -0.05) is 23.9 Å². The maximum atomic E-state index is 12.0. The lowest BCUT2D eigenvalue weighted by Gasteiger charge is -2.19. The van der Waals surface area contributed by atoms with Gasteiger partial charge in [-0.2, -0.15) is 0 Å². The van der Waals surface area contributed by atoms with Crippen LogP contribution in [-0.4, -0.2) is 32.0 Å². The van der Waals surface area contributed by atoms with Crippen molar-refractivity contribution < 1.29 is 9.53 Å². The Balaban J connectivity index is 1.54. The lowest BCUT2D eigenvalue weighted by atomic mass is 10.2. The molecular weight excluding hydrogens is 342 g/mol. The summed E-state index contributed by atoms with van der Waals surface area (Å²) in [7, 11) is 0. The third-order valence-corrected chi connectivity index (χ3v) is 5.28. The summed E-state index contributed by atoms with van der Waals surface area (Å²) in [5, 5.41) is 0. The molecule has 0 aliphatic carbocycles. The number of rotatable bonds is 4. The highest BCUT2D eigenvalue weighted by molar-refractivity contribution is 8.01. The van der Waals surface area contributed by atoms with Gasteiger partial charge in [0.05, 0.1) is 15.9 Å². The van der Waals surface area contributed by atoms with Crippen molar-refractivity contribution in [2.75, 3.05) is 5.75 Å². The van der Waals surface area contributed by atoms with E-state index in [-0.39, 0.29) is 0 Å². The first-order valence-electron chi connectivity index (χ1n) is 7.65. The van der Waals surface area contributed by atoms with Crippen molar-refractivity contribution in [3.63, 3.8) is 0 Å². The highest BCUT2D eigenvalue weighted by atomic mass is 32.2. The van der Waals surface area contributed by atoms with E-state index in [1.54, 1.807) is 29.3 Å². The van der Waals surface area contributed by atoms with E-state index < -0.39 is 11.7 Å². The molecule has 0 fully saturated rings. The maximum Gasteiger partial charge on any atom is 0.419 e. The zero-order valence-electron chi connectivity index (χ0n) is 13.9. The van der Waals surface area contributed by atoms with Gasteiger partial charge in [0, 0.05) is 18.4 Å². The molecule has 0 radical (unpaired) electrons. The average molecular weight is 361 g/mol. The van der Waals surface area contributed by atoms with Crippen molar-refractivity contribution in [3.05, 3.63) is 42.5 Å². The molecule has 0 bridgehead atoms. The standard InChI is InChI=1S/C17H19N3O2S2/c1-17(2,3)22-16(21)20-10-12(18-11-20)8-9-23-15-19-13-6-4-5-7-14(13)24-15/h4-7,10-11H,8-9H2,1-3H3. The maximum absolute atomic E-state index is 12.0. The zero-order chi connectivity index (χ0) is 17.2. The lowest BCUT2D eigenvalue weighted by molar-refractivity contribution is 0.0536. The van der Waals surface area contributed by atoms with Gasteiger partial charge in [0.1, 0.15) is 11.9 Å². The van der Waals surface area contributed by atoms with Crippen molar-refractivity contribution in [1.82, 2.24) is 14.5 Å². The number of carbonyl (C=O) groups is 1. The monoisotopic (exact) mass is 361 g/mol. The summed E-state index contributed by atoms with van der Waals surface area (Å²) in [6.07, 6.45) is 3.61. The van der Waals surface area contributed by atoms with Gasteiger partial charge in [-0.25, -0.2) is 19.3 Å². The van der Waals surface area contributed by atoms with Crippen LogP contribution in [0.1, 0.15) is 26.5 Å². The minimum Gasteiger partial charge on any atom is -0.443 e. The van der Waals surface area contributed by atoms with Crippen LogP contribution >= 0.6 is 23.1 Å². The van der Waals surface area contributed by atoms with E-state index in [1.165, 1.54) is 15.6 Å². The van der Waals surface area contributed by atoms with Crippen LogP contribution < -0.4 is 0 Å². The van der Waals surface area contributed by atoms with Crippen LogP contribution in [0.25, 0.3) is 10.2 Å². The molecule has 0 unspecified atom stereocenters. The molecular formula is C17H19N3O2S2. The fourth-order valence-electron chi connectivity index (χ4n) is 2.06. The van der Waals surface area contributed by atoms with Gasteiger partial charge in [0.25, 0.3) is 0 Å². The van der Waals surface area contributed by atoms with Gasteiger partial charge >= 0.3 is 6.09 Å². The molecule has 1 aromatic carbocycles. The number of carbonyl (C=O) groups excluding carboxylic acids is 1. The second kappa shape index (κ2) is 6.94. The van der Waals surface area contributed by atoms with Crippen molar-refractivity contribution >= 4 is 39.4 Å². The molecule has 0 amide bonds. The van der Waals surface area contributed by atoms with Gasteiger partial charge in [0.2, 0.25) is 0 Å². The van der Waals surface area contributed by atoms with E-state index in [1.807, 2.05) is 39.0 Å². The van der Waals surface area contributed by atoms with E-state index in [0.717, 1.165) is 27.7 Å². The summed E-state index contributed by atoms with van der Waals surface area (Å²) in [6.45, 7) is 5.53. The van der Waals surface area contributed by atoms with Crippen LogP contribution in [-0.2, 0) is 11.2 Å². The first kappa shape index (κ1) is 17.0. The molecule has 0 aliphatic heterocycles. The predicted octanol–water partition coefficient (Wildman–Crippen LogP) is 4.61. The van der Waals surface area contributed by atoms with Crippen molar-refractivity contribution in [2.24, 2.45) is 0 Å². The zero-order valence-corrected chi connectivity index (χ0v) is 15.5. The molecule has 2 heterocycles. The SMILES string of the molecule is CC(C)(C)OC(=O)n1cnc(CCSc2nc3ccccc3s2)c1. The van der Waals surface area contributed by atoms with Gasteiger partial charge in [-0.05, 0) is 32.9 Å². The summed E-state index contributed by atoms with van der Waals surface area (Å²) in [5.74, 6) is 0.866. The number of ether oxygens (including phenoxy) is 1. The Kier molecular flexibility index (Phi) is 4.91.